The highest BCUT2D eigenvalue weighted by Crippen LogP contribution is 2.18. The number of benzene rings is 1. The Hall–Kier alpha value is -2.48. The van der Waals surface area contributed by atoms with Crippen LogP contribution in [0.25, 0.3) is 11.3 Å². The van der Waals surface area contributed by atoms with Crippen molar-refractivity contribution in [3.63, 3.8) is 0 Å². The van der Waals surface area contributed by atoms with Crippen LogP contribution in [0.4, 0.5) is 10.2 Å². The molecule has 0 saturated heterocycles. The molecule has 0 fully saturated rings. The SMILES string of the molecule is CN(CC#N)c1ccc(-c2ccc(F)cc2)nn1. The lowest BCUT2D eigenvalue weighted by Gasteiger charge is -2.12. The molecular weight excluding hydrogens is 231 g/mol. The maximum Gasteiger partial charge on any atom is 0.151 e. The molecule has 0 radical (unpaired) electrons. The average Bonchev–Trinajstić information content (AvgIpc) is 2.40. The molecule has 1 heterocycles. The van der Waals surface area contributed by atoms with Gasteiger partial charge in [0.15, 0.2) is 5.82 Å². The van der Waals surface area contributed by atoms with E-state index >= 15 is 0 Å². The standard InChI is InChI=1S/C13H11FN4/c1-18(9-8-15)13-7-6-12(16-17-13)10-2-4-11(14)5-3-10/h2-7H,9H2,1H3. The molecule has 0 N–H and O–H groups in total. The van der Waals surface area contributed by atoms with Crippen LogP contribution in [0.15, 0.2) is 36.4 Å². The summed E-state index contributed by atoms with van der Waals surface area (Å²) in [6, 6.07) is 11.7. The third-order valence-electron chi connectivity index (χ3n) is 2.49. The molecule has 4 nitrogen and oxygen atoms in total. The number of nitriles is 1. The molecule has 0 aliphatic heterocycles. The van der Waals surface area contributed by atoms with Crippen molar-refractivity contribution >= 4 is 5.82 Å². The second kappa shape index (κ2) is 5.23. The summed E-state index contributed by atoms with van der Waals surface area (Å²) in [7, 11) is 1.77. The van der Waals surface area contributed by atoms with E-state index in [9.17, 15) is 4.39 Å². The summed E-state index contributed by atoms with van der Waals surface area (Å²) < 4.78 is 12.8. The predicted octanol–water partition coefficient (Wildman–Crippen LogP) is 2.24. The van der Waals surface area contributed by atoms with E-state index in [2.05, 4.69) is 10.2 Å². The molecule has 1 aromatic carbocycles. The van der Waals surface area contributed by atoms with E-state index in [1.54, 1.807) is 36.2 Å². The Morgan fingerprint density at radius 1 is 1.17 bits per heavy atom. The molecule has 2 aromatic rings. The summed E-state index contributed by atoms with van der Waals surface area (Å²) in [5.41, 5.74) is 1.47. The van der Waals surface area contributed by atoms with E-state index < -0.39 is 0 Å². The first-order valence-electron chi connectivity index (χ1n) is 5.38. The second-order valence-corrected chi connectivity index (χ2v) is 3.80. The van der Waals surface area contributed by atoms with Gasteiger partial charge >= 0.3 is 0 Å². The highest BCUT2D eigenvalue weighted by atomic mass is 19.1. The number of rotatable bonds is 3. The maximum atomic E-state index is 12.8. The average molecular weight is 242 g/mol. The second-order valence-electron chi connectivity index (χ2n) is 3.80. The molecular formula is C13H11FN4. The third kappa shape index (κ3) is 2.61. The fourth-order valence-corrected chi connectivity index (χ4v) is 1.49. The molecule has 1 aromatic heterocycles. The predicted molar refractivity (Wildman–Crippen MR) is 66.3 cm³/mol. The molecule has 90 valence electrons. The van der Waals surface area contributed by atoms with Crippen LogP contribution in [0, 0.1) is 17.1 Å². The van der Waals surface area contributed by atoms with Crippen LogP contribution in [0.2, 0.25) is 0 Å². The Kier molecular flexibility index (Phi) is 3.49. The van der Waals surface area contributed by atoms with E-state index in [0.717, 1.165) is 5.56 Å². The minimum absolute atomic E-state index is 0.255. The zero-order chi connectivity index (χ0) is 13.0. The minimum atomic E-state index is -0.280. The van der Waals surface area contributed by atoms with Crippen LogP contribution in [-0.2, 0) is 0 Å². The van der Waals surface area contributed by atoms with Gasteiger partial charge in [0, 0.05) is 12.6 Å². The third-order valence-corrected chi connectivity index (χ3v) is 2.49. The zero-order valence-corrected chi connectivity index (χ0v) is 9.84. The van der Waals surface area contributed by atoms with Gasteiger partial charge in [0.25, 0.3) is 0 Å². The van der Waals surface area contributed by atoms with Gasteiger partial charge in [-0.05, 0) is 36.4 Å². The highest BCUT2D eigenvalue weighted by Gasteiger charge is 2.04. The van der Waals surface area contributed by atoms with Crippen LogP contribution in [-0.4, -0.2) is 23.8 Å². The Morgan fingerprint density at radius 3 is 2.44 bits per heavy atom. The van der Waals surface area contributed by atoms with Crippen molar-refractivity contribution in [1.82, 2.24) is 10.2 Å². The van der Waals surface area contributed by atoms with Gasteiger partial charge in [0.2, 0.25) is 0 Å². The van der Waals surface area contributed by atoms with Crippen molar-refractivity contribution in [2.75, 3.05) is 18.5 Å². The lowest BCUT2D eigenvalue weighted by atomic mass is 10.1. The van der Waals surface area contributed by atoms with Crippen molar-refractivity contribution in [1.29, 1.82) is 5.26 Å². The number of halogens is 1. The molecule has 0 amide bonds. The van der Waals surface area contributed by atoms with Crippen molar-refractivity contribution in [3.05, 3.63) is 42.2 Å². The Morgan fingerprint density at radius 2 is 1.89 bits per heavy atom. The van der Waals surface area contributed by atoms with Crippen LogP contribution < -0.4 is 4.90 Å². The smallest absolute Gasteiger partial charge is 0.151 e. The number of nitrogens with zero attached hydrogens (tertiary/aromatic N) is 4. The van der Waals surface area contributed by atoms with Gasteiger partial charge in [-0.2, -0.15) is 5.26 Å². The van der Waals surface area contributed by atoms with Crippen LogP contribution in [0.1, 0.15) is 0 Å². The Bertz CT molecular complexity index is 557. The van der Waals surface area contributed by atoms with Crippen molar-refractivity contribution in [2.24, 2.45) is 0 Å². The largest absolute Gasteiger partial charge is 0.345 e. The van der Waals surface area contributed by atoms with Crippen molar-refractivity contribution in [2.45, 2.75) is 0 Å². The first-order valence-corrected chi connectivity index (χ1v) is 5.38. The Balaban J connectivity index is 2.22. The molecule has 2 rings (SSSR count). The molecule has 0 saturated carbocycles. The van der Waals surface area contributed by atoms with Crippen LogP contribution in [0.5, 0.6) is 0 Å². The molecule has 18 heavy (non-hydrogen) atoms. The summed E-state index contributed by atoms with van der Waals surface area (Å²) in [5.74, 6) is 0.347. The van der Waals surface area contributed by atoms with E-state index in [4.69, 9.17) is 5.26 Å². The van der Waals surface area contributed by atoms with E-state index in [1.165, 1.54) is 12.1 Å². The number of hydrogen-bond acceptors (Lipinski definition) is 4. The summed E-state index contributed by atoms with van der Waals surface area (Å²) in [4.78, 5) is 1.70. The van der Waals surface area contributed by atoms with Gasteiger partial charge in [-0.25, -0.2) is 4.39 Å². The lowest BCUT2D eigenvalue weighted by molar-refractivity contribution is 0.628. The van der Waals surface area contributed by atoms with Gasteiger partial charge in [-0.15, -0.1) is 10.2 Å². The molecule has 0 aliphatic carbocycles. The van der Waals surface area contributed by atoms with Crippen LogP contribution in [0.3, 0.4) is 0 Å². The maximum absolute atomic E-state index is 12.8. The summed E-state index contributed by atoms with van der Waals surface area (Å²) in [6.45, 7) is 0.255. The first kappa shape index (κ1) is 12.0. The normalized spacial score (nSPS) is 9.83. The highest BCUT2D eigenvalue weighted by molar-refractivity contribution is 5.59. The van der Waals surface area contributed by atoms with Gasteiger partial charge < -0.3 is 4.90 Å². The lowest BCUT2D eigenvalue weighted by Crippen LogP contribution is -2.18. The fourth-order valence-electron chi connectivity index (χ4n) is 1.49. The van der Waals surface area contributed by atoms with E-state index in [0.29, 0.717) is 11.5 Å². The van der Waals surface area contributed by atoms with Crippen LogP contribution >= 0.6 is 0 Å². The minimum Gasteiger partial charge on any atom is -0.345 e. The fraction of sp³-hybridized carbons (Fsp3) is 0.154. The summed E-state index contributed by atoms with van der Waals surface area (Å²) >= 11 is 0. The molecule has 5 heteroatoms. The Labute approximate surface area is 104 Å². The number of hydrogen-bond donors (Lipinski definition) is 0. The monoisotopic (exact) mass is 242 g/mol. The van der Waals surface area contributed by atoms with E-state index in [-0.39, 0.29) is 12.4 Å². The van der Waals surface area contributed by atoms with Crippen molar-refractivity contribution < 1.29 is 4.39 Å². The zero-order valence-electron chi connectivity index (χ0n) is 9.84. The van der Waals surface area contributed by atoms with Gasteiger partial charge in [0.05, 0.1) is 11.8 Å². The molecule has 0 bridgehead atoms. The summed E-state index contributed by atoms with van der Waals surface area (Å²) in [6.07, 6.45) is 0. The topological polar surface area (TPSA) is 52.8 Å². The number of aromatic nitrogens is 2. The van der Waals surface area contributed by atoms with Gasteiger partial charge in [-0.1, -0.05) is 0 Å². The van der Waals surface area contributed by atoms with Crippen molar-refractivity contribution in [3.8, 4) is 17.3 Å². The number of anilines is 1. The molecule has 0 unspecified atom stereocenters. The molecule has 0 aliphatic rings. The van der Waals surface area contributed by atoms with E-state index in [1.807, 2.05) is 6.07 Å². The van der Waals surface area contributed by atoms with Gasteiger partial charge in [0.1, 0.15) is 12.4 Å². The van der Waals surface area contributed by atoms with Gasteiger partial charge in [-0.3, -0.25) is 0 Å². The first-order chi connectivity index (χ1) is 8.70. The summed E-state index contributed by atoms with van der Waals surface area (Å²) in [5, 5.41) is 16.7. The quantitative estimate of drug-likeness (QED) is 0.774. The molecule has 0 spiro atoms. The molecule has 0 atom stereocenters.